The van der Waals surface area contributed by atoms with Crippen molar-refractivity contribution in [1.82, 2.24) is 15.2 Å². The monoisotopic (exact) mass is 474 g/mol. The number of nitrogens with one attached hydrogen (secondary N) is 1. The molecule has 1 N–H and O–H groups in total. The molecule has 8 heteroatoms. The molecule has 1 saturated heterocycles. The van der Waals surface area contributed by atoms with E-state index in [0.717, 1.165) is 50.5 Å². The molecule has 1 aromatic heterocycles. The number of ether oxygens (including phenoxy) is 2. The summed E-state index contributed by atoms with van der Waals surface area (Å²) >= 11 is 6.42. The summed E-state index contributed by atoms with van der Waals surface area (Å²) in [5, 5.41) is 3.33. The van der Waals surface area contributed by atoms with E-state index >= 15 is 0 Å². The summed E-state index contributed by atoms with van der Waals surface area (Å²) < 4.78 is 11.2. The van der Waals surface area contributed by atoms with Crippen LogP contribution in [0.1, 0.15) is 43.1 Å². The number of pyridine rings is 1. The summed E-state index contributed by atoms with van der Waals surface area (Å²) in [5.41, 5.74) is 1.43. The molecule has 0 aliphatic carbocycles. The summed E-state index contributed by atoms with van der Waals surface area (Å²) in [6, 6.07) is 7.25. The van der Waals surface area contributed by atoms with Crippen LogP contribution < -0.4 is 19.7 Å². The van der Waals surface area contributed by atoms with E-state index in [1.54, 1.807) is 25.4 Å². The van der Waals surface area contributed by atoms with Crippen LogP contribution in [0.4, 0.5) is 5.82 Å². The number of aromatic nitrogens is 1. The van der Waals surface area contributed by atoms with E-state index in [1.807, 2.05) is 12.1 Å². The lowest BCUT2D eigenvalue weighted by Crippen LogP contribution is -2.46. The van der Waals surface area contributed by atoms with E-state index in [2.05, 4.69) is 40.9 Å². The van der Waals surface area contributed by atoms with Crippen LogP contribution in [0.2, 0.25) is 5.02 Å². The van der Waals surface area contributed by atoms with Gasteiger partial charge in [0.25, 0.3) is 5.91 Å². The molecule has 3 rings (SSSR count). The Hall–Kier alpha value is -2.51. The number of piperazine rings is 1. The van der Waals surface area contributed by atoms with E-state index < -0.39 is 0 Å². The number of carbonyl (C=O) groups is 1. The molecule has 0 saturated carbocycles. The van der Waals surface area contributed by atoms with Gasteiger partial charge in [-0.05, 0) is 48.7 Å². The number of methoxy groups -OCH3 is 1. The second-order valence-electron chi connectivity index (χ2n) is 8.65. The fourth-order valence-corrected chi connectivity index (χ4v) is 3.97. The molecule has 1 aliphatic rings. The fraction of sp³-hybridized carbons (Fsp3) is 0.520. The van der Waals surface area contributed by atoms with Crippen LogP contribution in [0.25, 0.3) is 0 Å². The van der Waals surface area contributed by atoms with Crippen molar-refractivity contribution in [1.29, 1.82) is 0 Å². The van der Waals surface area contributed by atoms with Gasteiger partial charge >= 0.3 is 0 Å². The third-order valence-corrected chi connectivity index (χ3v) is 6.12. The van der Waals surface area contributed by atoms with Crippen molar-refractivity contribution in [2.45, 2.75) is 33.7 Å². The van der Waals surface area contributed by atoms with Crippen LogP contribution in [0.5, 0.6) is 11.5 Å². The molecule has 1 aliphatic heterocycles. The standard InChI is InChI=1S/C25H35ClN4O3/c1-5-29-9-11-30(12-10-29)23-14-19(6-8-27-23)17-28-25(31)20-15-21(26)24(22(16-20)32-4)33-13-7-18(2)3/h6,8,14-16,18H,5,7,9-13,17H2,1-4H3,(H,28,31). The number of nitrogens with zero attached hydrogens (tertiary/aromatic N) is 3. The molecule has 1 amide bonds. The van der Waals surface area contributed by atoms with Crippen LogP contribution in [0.3, 0.4) is 0 Å². The first-order valence-corrected chi connectivity index (χ1v) is 12.0. The number of rotatable bonds is 10. The van der Waals surface area contributed by atoms with E-state index in [0.29, 0.717) is 41.2 Å². The zero-order chi connectivity index (χ0) is 23.8. The largest absolute Gasteiger partial charge is 0.493 e. The lowest BCUT2D eigenvalue weighted by Gasteiger charge is -2.34. The summed E-state index contributed by atoms with van der Waals surface area (Å²) in [5.74, 6) is 2.17. The average Bonchev–Trinajstić information content (AvgIpc) is 2.83. The van der Waals surface area contributed by atoms with Gasteiger partial charge in [-0.1, -0.05) is 32.4 Å². The number of carbonyl (C=O) groups excluding carboxylic acids is 1. The van der Waals surface area contributed by atoms with Crippen LogP contribution in [0, 0.1) is 5.92 Å². The summed E-state index contributed by atoms with van der Waals surface area (Å²) in [6.07, 6.45) is 2.70. The van der Waals surface area contributed by atoms with Gasteiger partial charge in [-0.2, -0.15) is 0 Å². The first-order valence-electron chi connectivity index (χ1n) is 11.6. The van der Waals surface area contributed by atoms with Crippen molar-refractivity contribution in [2.75, 3.05) is 51.3 Å². The van der Waals surface area contributed by atoms with Crippen LogP contribution in [0.15, 0.2) is 30.5 Å². The van der Waals surface area contributed by atoms with Gasteiger partial charge in [-0.15, -0.1) is 0 Å². The number of hydrogen-bond acceptors (Lipinski definition) is 6. The molecule has 7 nitrogen and oxygen atoms in total. The van der Waals surface area contributed by atoms with Crippen molar-refractivity contribution in [3.05, 3.63) is 46.6 Å². The molecular weight excluding hydrogens is 440 g/mol. The van der Waals surface area contributed by atoms with Gasteiger partial charge in [0, 0.05) is 44.5 Å². The Morgan fingerprint density at radius 3 is 2.64 bits per heavy atom. The van der Waals surface area contributed by atoms with Gasteiger partial charge in [-0.25, -0.2) is 4.98 Å². The molecule has 2 heterocycles. The lowest BCUT2D eigenvalue weighted by atomic mass is 10.1. The minimum absolute atomic E-state index is 0.223. The molecule has 0 radical (unpaired) electrons. The first kappa shape index (κ1) is 25.1. The van der Waals surface area contributed by atoms with Crippen molar-refractivity contribution in [2.24, 2.45) is 5.92 Å². The van der Waals surface area contributed by atoms with E-state index in [-0.39, 0.29) is 5.91 Å². The Balaban J connectivity index is 1.62. The van der Waals surface area contributed by atoms with Crippen LogP contribution in [-0.2, 0) is 6.54 Å². The minimum atomic E-state index is -0.223. The van der Waals surface area contributed by atoms with Crippen molar-refractivity contribution < 1.29 is 14.3 Å². The Morgan fingerprint density at radius 2 is 1.97 bits per heavy atom. The number of halogens is 1. The van der Waals surface area contributed by atoms with Gasteiger partial charge in [-0.3, -0.25) is 4.79 Å². The summed E-state index contributed by atoms with van der Waals surface area (Å²) in [6.45, 7) is 12.5. The normalized spacial score (nSPS) is 14.4. The van der Waals surface area contributed by atoms with E-state index in [4.69, 9.17) is 21.1 Å². The topological polar surface area (TPSA) is 66.9 Å². The van der Waals surface area contributed by atoms with Crippen LogP contribution >= 0.6 is 11.6 Å². The zero-order valence-electron chi connectivity index (χ0n) is 20.1. The molecule has 2 aromatic rings. The van der Waals surface area contributed by atoms with Crippen molar-refractivity contribution >= 4 is 23.3 Å². The Morgan fingerprint density at radius 1 is 1.21 bits per heavy atom. The maximum atomic E-state index is 12.8. The lowest BCUT2D eigenvalue weighted by molar-refractivity contribution is 0.0950. The highest BCUT2D eigenvalue weighted by Crippen LogP contribution is 2.36. The first-order chi connectivity index (χ1) is 15.9. The Kier molecular flexibility index (Phi) is 9.21. The van der Waals surface area contributed by atoms with E-state index in [9.17, 15) is 4.79 Å². The smallest absolute Gasteiger partial charge is 0.251 e. The van der Waals surface area contributed by atoms with Gasteiger partial charge in [0.1, 0.15) is 5.82 Å². The Labute approximate surface area is 202 Å². The number of amides is 1. The average molecular weight is 475 g/mol. The third-order valence-electron chi connectivity index (χ3n) is 5.84. The molecule has 0 spiro atoms. The summed E-state index contributed by atoms with van der Waals surface area (Å²) in [4.78, 5) is 22.1. The SMILES string of the molecule is CCN1CCN(c2cc(CNC(=O)c3cc(Cl)c(OCCC(C)C)c(OC)c3)ccn2)CC1. The van der Waals surface area contributed by atoms with Gasteiger partial charge in [0.2, 0.25) is 0 Å². The number of likely N-dealkylation sites (N-methyl/N-ethyl adjacent to an activating group) is 1. The molecule has 33 heavy (non-hydrogen) atoms. The molecule has 0 atom stereocenters. The van der Waals surface area contributed by atoms with E-state index in [1.165, 1.54) is 0 Å². The predicted octanol–water partition coefficient (Wildman–Crippen LogP) is 4.24. The molecular formula is C25H35ClN4O3. The molecule has 0 unspecified atom stereocenters. The highest BCUT2D eigenvalue weighted by molar-refractivity contribution is 6.32. The quantitative estimate of drug-likeness (QED) is 0.555. The predicted molar refractivity (Wildman–Crippen MR) is 133 cm³/mol. The van der Waals surface area contributed by atoms with Gasteiger partial charge in [0.05, 0.1) is 18.7 Å². The highest BCUT2D eigenvalue weighted by atomic mass is 35.5. The molecule has 0 bridgehead atoms. The summed E-state index contributed by atoms with van der Waals surface area (Å²) in [7, 11) is 1.54. The second-order valence-corrected chi connectivity index (χ2v) is 9.05. The maximum Gasteiger partial charge on any atom is 0.251 e. The van der Waals surface area contributed by atoms with Gasteiger partial charge in [0.15, 0.2) is 11.5 Å². The molecule has 1 fully saturated rings. The third kappa shape index (κ3) is 6.98. The van der Waals surface area contributed by atoms with Crippen LogP contribution in [-0.4, -0.2) is 62.2 Å². The minimum Gasteiger partial charge on any atom is -0.493 e. The maximum absolute atomic E-state index is 12.8. The zero-order valence-corrected chi connectivity index (χ0v) is 20.8. The number of hydrogen-bond donors (Lipinski definition) is 1. The molecule has 180 valence electrons. The fourth-order valence-electron chi connectivity index (χ4n) is 3.71. The number of anilines is 1. The van der Waals surface area contributed by atoms with Crippen molar-refractivity contribution in [3.8, 4) is 11.5 Å². The second kappa shape index (κ2) is 12.1. The highest BCUT2D eigenvalue weighted by Gasteiger charge is 2.18. The number of benzene rings is 1. The Bertz CT molecular complexity index is 930. The molecule has 1 aromatic carbocycles. The van der Waals surface area contributed by atoms with Gasteiger partial charge < -0.3 is 24.6 Å². The van der Waals surface area contributed by atoms with Crippen molar-refractivity contribution in [3.63, 3.8) is 0 Å².